The summed E-state index contributed by atoms with van der Waals surface area (Å²) in [5.74, 6) is 1.97. The Morgan fingerprint density at radius 2 is 1.63 bits per heavy atom. The highest BCUT2D eigenvalue weighted by Gasteiger charge is 2.45. The molecule has 5 rings (SSSR count). The number of aromatic nitrogens is 1. The number of benzene rings is 3. The topological polar surface area (TPSA) is 107 Å². The number of fused-ring (bicyclic) bond motifs is 3. The Morgan fingerprint density at radius 1 is 0.941 bits per heavy atom. The summed E-state index contributed by atoms with van der Waals surface area (Å²) in [5, 5.41) is 11.9. The van der Waals surface area contributed by atoms with Crippen LogP contribution in [0.2, 0.25) is 16.6 Å². The molecule has 51 heavy (non-hydrogen) atoms. The molecule has 0 saturated heterocycles. The van der Waals surface area contributed by atoms with Crippen molar-refractivity contribution in [3.8, 4) is 28.7 Å². The summed E-state index contributed by atoms with van der Waals surface area (Å²) in [5.41, 5.74) is 4.71. The third-order valence-electron chi connectivity index (χ3n) is 10.3. The van der Waals surface area contributed by atoms with Crippen molar-refractivity contribution in [1.82, 2.24) is 4.57 Å². The normalized spacial score (nSPS) is 14.6. The molecule has 1 aromatic heterocycles. The van der Waals surface area contributed by atoms with Crippen molar-refractivity contribution in [3.05, 3.63) is 86.8 Å². The Kier molecular flexibility index (Phi) is 12.1. The number of methoxy groups -OCH3 is 2. The first-order valence-electron chi connectivity index (χ1n) is 17.6. The molecular formula is C40H53NO9Si. The first-order chi connectivity index (χ1) is 24.3. The van der Waals surface area contributed by atoms with Gasteiger partial charge in [0.2, 0.25) is 8.32 Å². The maximum absolute atomic E-state index is 13.1. The average Bonchev–Trinajstić information content (AvgIpc) is 3.09. The van der Waals surface area contributed by atoms with Crippen LogP contribution in [0.15, 0.2) is 53.3 Å². The van der Waals surface area contributed by atoms with Crippen LogP contribution in [-0.2, 0) is 40.6 Å². The lowest BCUT2D eigenvalue weighted by Crippen LogP contribution is -2.47. The summed E-state index contributed by atoms with van der Waals surface area (Å²) in [6.45, 7) is 16.0. The third-order valence-corrected chi connectivity index (χ3v) is 16.3. The zero-order valence-electron chi connectivity index (χ0n) is 31.6. The highest BCUT2D eigenvalue weighted by Crippen LogP contribution is 2.49. The monoisotopic (exact) mass is 719 g/mol. The number of ether oxygens (including phenoxy) is 6. The highest BCUT2D eigenvalue weighted by molar-refractivity contribution is 6.77. The van der Waals surface area contributed by atoms with E-state index in [0.717, 1.165) is 22.4 Å². The number of aromatic hydroxyl groups is 1. The van der Waals surface area contributed by atoms with E-state index >= 15 is 0 Å². The van der Waals surface area contributed by atoms with Gasteiger partial charge in [-0.2, -0.15) is 0 Å². The molecule has 3 aromatic carbocycles. The maximum atomic E-state index is 13.1. The SMILES string of the molecule is COCOc1c(CO[Si](C(C)C)(C(C)C)C(C)C)c(OCc2ccccc2)cc(CC2OCOc3c2cc(O)c2c(=O)n(C)c(C)cc32)c1OC. The highest BCUT2D eigenvalue weighted by atomic mass is 28.4. The van der Waals surface area contributed by atoms with E-state index in [4.69, 9.17) is 32.8 Å². The maximum Gasteiger partial charge on any atom is 0.262 e. The second kappa shape index (κ2) is 16.1. The van der Waals surface area contributed by atoms with Gasteiger partial charge in [0, 0.05) is 42.8 Å². The van der Waals surface area contributed by atoms with Gasteiger partial charge < -0.3 is 42.5 Å². The predicted octanol–water partition coefficient (Wildman–Crippen LogP) is 8.47. The summed E-state index contributed by atoms with van der Waals surface area (Å²) in [6.07, 6.45) is -0.229. The van der Waals surface area contributed by atoms with E-state index in [1.165, 1.54) is 4.57 Å². The Morgan fingerprint density at radius 3 is 2.25 bits per heavy atom. The molecule has 2 heterocycles. The van der Waals surface area contributed by atoms with Gasteiger partial charge in [-0.25, -0.2) is 0 Å². The Hall–Kier alpha value is -4.03. The van der Waals surface area contributed by atoms with Crippen LogP contribution in [0.3, 0.4) is 0 Å². The third kappa shape index (κ3) is 7.48. The first kappa shape index (κ1) is 38.2. The van der Waals surface area contributed by atoms with Crippen LogP contribution in [-0.4, -0.2) is 45.8 Å². The lowest BCUT2D eigenvalue weighted by Gasteiger charge is -2.42. The van der Waals surface area contributed by atoms with Crippen molar-refractivity contribution < 1.29 is 38.0 Å². The van der Waals surface area contributed by atoms with Crippen LogP contribution in [0.5, 0.6) is 28.7 Å². The number of phenols is 1. The van der Waals surface area contributed by atoms with E-state index in [1.807, 2.05) is 49.4 Å². The zero-order valence-corrected chi connectivity index (χ0v) is 32.6. The van der Waals surface area contributed by atoms with Crippen molar-refractivity contribution in [3.63, 3.8) is 0 Å². The average molecular weight is 720 g/mol. The minimum absolute atomic E-state index is 0.0170. The van der Waals surface area contributed by atoms with Crippen LogP contribution in [0.4, 0.5) is 0 Å². The molecular weight excluding hydrogens is 667 g/mol. The van der Waals surface area contributed by atoms with E-state index in [1.54, 1.807) is 27.3 Å². The molecule has 1 aliphatic heterocycles. The van der Waals surface area contributed by atoms with Crippen LogP contribution >= 0.6 is 0 Å². The molecule has 11 heteroatoms. The smallest absolute Gasteiger partial charge is 0.262 e. The van der Waals surface area contributed by atoms with Gasteiger partial charge in [0.25, 0.3) is 5.56 Å². The second-order valence-corrected chi connectivity index (χ2v) is 19.6. The van der Waals surface area contributed by atoms with Crippen LogP contribution in [0.25, 0.3) is 10.8 Å². The van der Waals surface area contributed by atoms with Gasteiger partial charge in [-0.15, -0.1) is 0 Å². The fraction of sp³-hybridized carbons (Fsp3) is 0.475. The summed E-state index contributed by atoms with van der Waals surface area (Å²) in [6, 6.07) is 15.4. The fourth-order valence-electron chi connectivity index (χ4n) is 7.77. The molecule has 10 nitrogen and oxygen atoms in total. The van der Waals surface area contributed by atoms with Crippen molar-refractivity contribution in [2.75, 3.05) is 27.8 Å². The molecule has 0 fully saturated rings. The predicted molar refractivity (Wildman–Crippen MR) is 201 cm³/mol. The number of hydrogen-bond acceptors (Lipinski definition) is 9. The molecule has 1 aliphatic rings. The summed E-state index contributed by atoms with van der Waals surface area (Å²) in [4.78, 5) is 13.1. The molecule has 0 radical (unpaired) electrons. The fourth-order valence-corrected chi connectivity index (χ4v) is 13.2. The summed E-state index contributed by atoms with van der Waals surface area (Å²) >= 11 is 0. The molecule has 1 N–H and O–H groups in total. The van der Waals surface area contributed by atoms with E-state index in [9.17, 15) is 9.90 Å². The number of rotatable bonds is 15. The Labute approximate surface area is 302 Å². The molecule has 0 spiro atoms. The van der Waals surface area contributed by atoms with Crippen molar-refractivity contribution >= 4 is 19.1 Å². The molecule has 1 unspecified atom stereocenters. The van der Waals surface area contributed by atoms with Gasteiger partial charge in [0.15, 0.2) is 25.1 Å². The van der Waals surface area contributed by atoms with E-state index < -0.39 is 14.4 Å². The van der Waals surface area contributed by atoms with E-state index in [0.29, 0.717) is 63.6 Å². The Balaban J connectivity index is 1.65. The second-order valence-electron chi connectivity index (χ2n) is 14.2. The minimum Gasteiger partial charge on any atom is -0.507 e. The van der Waals surface area contributed by atoms with Crippen LogP contribution in [0.1, 0.15) is 75.6 Å². The standard InChI is InChI=1S/C40H53NO9Si/c1-24(2)51(25(3)4,26(5)6)50-21-32-35(46-20-28-14-12-11-13-15-28)18-29(37(45-10)39(32)48-22-44-9)17-34-30-19-33(42)36-31(38(30)49-23-47-34)16-27(7)41(8)40(36)43/h11-16,18-19,24-26,34,42H,17,20-23H2,1-10H3. The van der Waals surface area contributed by atoms with E-state index in [-0.39, 0.29) is 36.9 Å². The van der Waals surface area contributed by atoms with Crippen molar-refractivity contribution in [2.24, 2.45) is 7.05 Å². The van der Waals surface area contributed by atoms with Gasteiger partial charge in [-0.1, -0.05) is 71.9 Å². The van der Waals surface area contributed by atoms with Crippen molar-refractivity contribution in [1.29, 1.82) is 0 Å². The summed E-state index contributed by atoms with van der Waals surface area (Å²) in [7, 11) is 2.57. The summed E-state index contributed by atoms with van der Waals surface area (Å²) < 4.78 is 45.3. The lowest BCUT2D eigenvalue weighted by atomic mass is 9.94. The van der Waals surface area contributed by atoms with Gasteiger partial charge >= 0.3 is 0 Å². The van der Waals surface area contributed by atoms with Crippen molar-refractivity contribution in [2.45, 2.75) is 90.8 Å². The largest absolute Gasteiger partial charge is 0.507 e. The van der Waals surface area contributed by atoms with Gasteiger partial charge in [0.05, 0.1) is 30.8 Å². The van der Waals surface area contributed by atoms with Crippen LogP contribution < -0.4 is 24.5 Å². The lowest BCUT2D eigenvalue weighted by molar-refractivity contribution is -0.0583. The number of pyridine rings is 1. The van der Waals surface area contributed by atoms with Gasteiger partial charge in [-0.3, -0.25) is 4.79 Å². The molecule has 0 aliphatic carbocycles. The quantitative estimate of drug-likeness (QED) is 0.0957. The molecule has 4 aromatic rings. The zero-order chi connectivity index (χ0) is 37.0. The number of phenolic OH excluding ortho intramolecular Hbond substituents is 1. The van der Waals surface area contributed by atoms with Gasteiger partial charge in [-0.05, 0) is 47.3 Å². The Bertz CT molecular complexity index is 1870. The number of hydrogen-bond donors (Lipinski definition) is 1. The molecule has 0 saturated carbocycles. The first-order valence-corrected chi connectivity index (χ1v) is 19.7. The molecule has 276 valence electrons. The number of nitrogens with zero attached hydrogens (tertiary/aromatic N) is 1. The van der Waals surface area contributed by atoms with Gasteiger partial charge in [0.1, 0.15) is 23.9 Å². The molecule has 1 atom stereocenters. The minimum atomic E-state index is -2.29. The number of aryl methyl sites for hydroxylation is 1. The van der Waals surface area contributed by atoms with E-state index in [2.05, 4.69) is 41.5 Å². The molecule has 0 amide bonds. The molecule has 0 bridgehead atoms. The van der Waals surface area contributed by atoms with Crippen LogP contribution in [0, 0.1) is 6.92 Å².